The van der Waals surface area contributed by atoms with Gasteiger partial charge in [0.1, 0.15) is 17.9 Å². The lowest BCUT2D eigenvalue weighted by Gasteiger charge is -2.27. The number of aromatic nitrogens is 2. The molecule has 1 aliphatic heterocycles. The summed E-state index contributed by atoms with van der Waals surface area (Å²) in [5, 5.41) is 4.26. The van der Waals surface area contributed by atoms with Crippen LogP contribution in [0.2, 0.25) is 0 Å². The Morgan fingerprint density at radius 2 is 2.00 bits per heavy atom. The molecule has 3 rings (SSSR count). The van der Waals surface area contributed by atoms with Gasteiger partial charge in [0.05, 0.1) is 26.0 Å². The molecule has 7 heteroatoms. The standard InChI is InChI=1S/C20H27N5O2/c1-2-3-4-11-27-18-7-5-17(6-8-18)15-23-24-19-14-20(22-16-21-19)25-9-12-26-13-10-25/h5-8,14-16H,2-4,9-13H2,1H3,(H,21,22,24). The highest BCUT2D eigenvalue weighted by Gasteiger charge is 2.12. The topological polar surface area (TPSA) is 71.9 Å². The number of hydrogen-bond acceptors (Lipinski definition) is 7. The van der Waals surface area contributed by atoms with Crippen molar-refractivity contribution in [3.05, 3.63) is 42.2 Å². The highest BCUT2D eigenvalue weighted by Crippen LogP contribution is 2.15. The molecule has 1 aromatic carbocycles. The Bertz CT molecular complexity index is 715. The molecule has 27 heavy (non-hydrogen) atoms. The van der Waals surface area contributed by atoms with E-state index in [4.69, 9.17) is 9.47 Å². The van der Waals surface area contributed by atoms with Crippen molar-refractivity contribution in [3.8, 4) is 5.75 Å². The van der Waals surface area contributed by atoms with Gasteiger partial charge in [-0.25, -0.2) is 9.97 Å². The van der Waals surface area contributed by atoms with E-state index in [1.165, 1.54) is 12.8 Å². The molecule has 0 spiro atoms. The molecular formula is C20H27N5O2. The van der Waals surface area contributed by atoms with Gasteiger partial charge < -0.3 is 14.4 Å². The highest BCUT2D eigenvalue weighted by atomic mass is 16.5. The molecule has 1 N–H and O–H groups in total. The van der Waals surface area contributed by atoms with Crippen molar-refractivity contribution in [2.24, 2.45) is 5.10 Å². The Morgan fingerprint density at radius 1 is 1.19 bits per heavy atom. The van der Waals surface area contributed by atoms with E-state index < -0.39 is 0 Å². The third-order valence-corrected chi connectivity index (χ3v) is 4.28. The molecule has 0 amide bonds. The Balaban J connectivity index is 1.50. The minimum Gasteiger partial charge on any atom is -0.494 e. The number of hydrazone groups is 1. The molecule has 0 radical (unpaired) electrons. The average Bonchev–Trinajstić information content (AvgIpc) is 2.73. The molecule has 0 atom stereocenters. The first-order valence-electron chi connectivity index (χ1n) is 9.52. The molecular weight excluding hydrogens is 342 g/mol. The van der Waals surface area contributed by atoms with Gasteiger partial charge in [-0.3, -0.25) is 5.43 Å². The SMILES string of the molecule is CCCCCOc1ccc(C=NNc2cc(N3CCOCC3)ncn2)cc1. The number of morpholine rings is 1. The van der Waals surface area contributed by atoms with Gasteiger partial charge >= 0.3 is 0 Å². The minimum absolute atomic E-state index is 0.665. The fraction of sp³-hybridized carbons (Fsp3) is 0.450. The van der Waals surface area contributed by atoms with Crippen LogP contribution in [0.4, 0.5) is 11.6 Å². The molecule has 144 valence electrons. The fourth-order valence-corrected chi connectivity index (χ4v) is 2.74. The third kappa shape index (κ3) is 6.21. The van der Waals surface area contributed by atoms with Crippen LogP contribution < -0.4 is 15.1 Å². The zero-order valence-corrected chi connectivity index (χ0v) is 15.8. The second-order valence-corrected chi connectivity index (χ2v) is 6.36. The van der Waals surface area contributed by atoms with Gasteiger partial charge in [-0.2, -0.15) is 5.10 Å². The number of unbranched alkanes of at least 4 members (excludes halogenated alkanes) is 2. The molecule has 1 aromatic heterocycles. The number of anilines is 2. The number of nitrogens with zero attached hydrogens (tertiary/aromatic N) is 4. The Kier molecular flexibility index (Phi) is 7.41. The van der Waals surface area contributed by atoms with Crippen LogP contribution in [0.1, 0.15) is 31.7 Å². The monoisotopic (exact) mass is 369 g/mol. The lowest BCUT2D eigenvalue weighted by atomic mass is 10.2. The predicted molar refractivity (Wildman–Crippen MR) is 108 cm³/mol. The normalized spacial score (nSPS) is 14.5. The molecule has 2 aromatic rings. The first-order valence-corrected chi connectivity index (χ1v) is 9.52. The molecule has 0 aliphatic carbocycles. The van der Waals surface area contributed by atoms with Crippen molar-refractivity contribution in [3.63, 3.8) is 0 Å². The molecule has 1 aliphatic rings. The van der Waals surface area contributed by atoms with Gasteiger partial charge in [0.2, 0.25) is 0 Å². The highest BCUT2D eigenvalue weighted by molar-refractivity contribution is 5.80. The second-order valence-electron chi connectivity index (χ2n) is 6.36. The van der Waals surface area contributed by atoms with E-state index in [1.807, 2.05) is 30.3 Å². The summed E-state index contributed by atoms with van der Waals surface area (Å²) in [4.78, 5) is 10.7. The van der Waals surface area contributed by atoms with Gasteiger partial charge in [0.15, 0.2) is 5.82 Å². The van der Waals surface area contributed by atoms with Crippen molar-refractivity contribution in [1.29, 1.82) is 0 Å². The van der Waals surface area contributed by atoms with Crippen molar-refractivity contribution in [2.75, 3.05) is 43.2 Å². The third-order valence-electron chi connectivity index (χ3n) is 4.28. The molecule has 1 saturated heterocycles. The smallest absolute Gasteiger partial charge is 0.151 e. The maximum Gasteiger partial charge on any atom is 0.151 e. The summed E-state index contributed by atoms with van der Waals surface area (Å²) < 4.78 is 11.1. The summed E-state index contributed by atoms with van der Waals surface area (Å²) in [5.41, 5.74) is 3.96. The van der Waals surface area contributed by atoms with E-state index in [1.54, 1.807) is 12.5 Å². The summed E-state index contributed by atoms with van der Waals surface area (Å²) in [6.45, 7) is 6.08. The maximum absolute atomic E-state index is 5.72. The average molecular weight is 369 g/mol. The van der Waals surface area contributed by atoms with E-state index in [2.05, 4.69) is 32.3 Å². The number of ether oxygens (including phenoxy) is 2. The largest absolute Gasteiger partial charge is 0.494 e. The fourth-order valence-electron chi connectivity index (χ4n) is 2.74. The number of rotatable bonds is 9. The van der Waals surface area contributed by atoms with E-state index in [0.29, 0.717) is 5.82 Å². The zero-order chi connectivity index (χ0) is 18.7. The number of nitrogens with one attached hydrogen (secondary N) is 1. The quantitative estimate of drug-likeness (QED) is 0.415. The number of hydrogen-bond donors (Lipinski definition) is 1. The van der Waals surface area contributed by atoms with Crippen LogP contribution in [0.3, 0.4) is 0 Å². The van der Waals surface area contributed by atoms with E-state index in [-0.39, 0.29) is 0 Å². The van der Waals surface area contributed by atoms with Crippen molar-refractivity contribution in [1.82, 2.24) is 9.97 Å². The van der Waals surface area contributed by atoms with Crippen LogP contribution in [0.15, 0.2) is 41.8 Å². The second kappa shape index (κ2) is 10.5. The molecule has 1 fully saturated rings. The molecule has 2 heterocycles. The summed E-state index contributed by atoms with van der Waals surface area (Å²) in [7, 11) is 0. The van der Waals surface area contributed by atoms with E-state index >= 15 is 0 Å². The molecule has 0 saturated carbocycles. The van der Waals surface area contributed by atoms with Gasteiger partial charge in [-0.05, 0) is 36.2 Å². The van der Waals surface area contributed by atoms with E-state index in [0.717, 1.165) is 56.5 Å². The summed E-state index contributed by atoms with van der Waals surface area (Å²) in [6, 6.07) is 9.80. The van der Waals surface area contributed by atoms with Crippen LogP contribution in [0.25, 0.3) is 0 Å². The lowest BCUT2D eigenvalue weighted by molar-refractivity contribution is 0.122. The van der Waals surface area contributed by atoms with Crippen molar-refractivity contribution in [2.45, 2.75) is 26.2 Å². The summed E-state index contributed by atoms with van der Waals surface area (Å²) in [6.07, 6.45) is 6.80. The van der Waals surface area contributed by atoms with Gasteiger partial charge in [-0.15, -0.1) is 0 Å². The van der Waals surface area contributed by atoms with Crippen LogP contribution in [0, 0.1) is 0 Å². The Labute approximate surface area is 160 Å². The first kappa shape index (κ1) is 19.1. The zero-order valence-electron chi connectivity index (χ0n) is 15.8. The van der Waals surface area contributed by atoms with Gasteiger partial charge in [-0.1, -0.05) is 19.8 Å². The number of benzene rings is 1. The Morgan fingerprint density at radius 3 is 2.78 bits per heavy atom. The van der Waals surface area contributed by atoms with E-state index in [9.17, 15) is 0 Å². The molecule has 7 nitrogen and oxygen atoms in total. The lowest BCUT2D eigenvalue weighted by Crippen LogP contribution is -2.36. The van der Waals surface area contributed by atoms with Crippen LogP contribution in [-0.2, 0) is 4.74 Å². The predicted octanol–water partition coefficient (Wildman–Crippen LogP) is 3.33. The van der Waals surface area contributed by atoms with Gasteiger partial charge in [0, 0.05) is 19.2 Å². The maximum atomic E-state index is 5.72. The molecule has 0 unspecified atom stereocenters. The van der Waals surface area contributed by atoms with Crippen molar-refractivity contribution < 1.29 is 9.47 Å². The Hall–Kier alpha value is -2.67. The van der Waals surface area contributed by atoms with Crippen LogP contribution in [-0.4, -0.2) is 49.1 Å². The van der Waals surface area contributed by atoms with Crippen LogP contribution in [0.5, 0.6) is 5.75 Å². The minimum atomic E-state index is 0.665. The molecule has 0 bridgehead atoms. The first-order chi connectivity index (χ1) is 13.3. The van der Waals surface area contributed by atoms with Crippen LogP contribution >= 0.6 is 0 Å². The summed E-state index contributed by atoms with van der Waals surface area (Å²) in [5.74, 6) is 2.44. The van der Waals surface area contributed by atoms with Crippen molar-refractivity contribution >= 4 is 17.9 Å². The summed E-state index contributed by atoms with van der Waals surface area (Å²) >= 11 is 0. The van der Waals surface area contributed by atoms with Gasteiger partial charge in [0.25, 0.3) is 0 Å².